The minimum atomic E-state index is -0.489. The first-order valence-corrected chi connectivity index (χ1v) is 10.3. The number of nitrogens with zero attached hydrogens (tertiary/aromatic N) is 4. The van der Waals surface area contributed by atoms with Crippen LogP contribution in [0.25, 0.3) is 0 Å². The third-order valence-electron chi connectivity index (χ3n) is 4.32. The normalized spacial score (nSPS) is 10.5. The van der Waals surface area contributed by atoms with E-state index in [0.29, 0.717) is 23.8 Å². The Morgan fingerprint density at radius 1 is 1.23 bits per heavy atom. The molecule has 0 unspecified atom stereocenters. The van der Waals surface area contributed by atoms with E-state index in [1.54, 1.807) is 13.2 Å². The molecule has 0 saturated carbocycles. The molecule has 3 aromatic rings. The van der Waals surface area contributed by atoms with E-state index in [2.05, 4.69) is 22.1 Å². The summed E-state index contributed by atoms with van der Waals surface area (Å²) in [5.41, 5.74) is 1.52. The van der Waals surface area contributed by atoms with E-state index in [9.17, 15) is 14.9 Å². The number of aromatic nitrogens is 3. The number of hydrogen-bond acceptors (Lipinski definition) is 7. The molecular weight excluding hydrogens is 418 g/mol. The number of benzene rings is 2. The van der Waals surface area contributed by atoms with Crippen molar-refractivity contribution < 1.29 is 14.5 Å². The number of non-ortho nitro benzene ring substituents is 1. The third-order valence-corrected chi connectivity index (χ3v) is 5.29. The van der Waals surface area contributed by atoms with Crippen molar-refractivity contribution in [1.82, 2.24) is 14.8 Å². The van der Waals surface area contributed by atoms with Gasteiger partial charge in [0.15, 0.2) is 5.16 Å². The molecular formula is C21H21N5O4S. The minimum absolute atomic E-state index is 0.0331. The molecule has 0 radical (unpaired) electrons. The van der Waals surface area contributed by atoms with Crippen LogP contribution in [0, 0.1) is 10.1 Å². The smallest absolute Gasteiger partial charge is 0.269 e. The van der Waals surface area contributed by atoms with Gasteiger partial charge in [-0.3, -0.25) is 14.9 Å². The molecule has 1 heterocycles. The monoisotopic (exact) mass is 439 g/mol. The van der Waals surface area contributed by atoms with Crippen molar-refractivity contribution in [3.63, 3.8) is 0 Å². The predicted molar refractivity (Wildman–Crippen MR) is 118 cm³/mol. The lowest BCUT2D eigenvalue weighted by molar-refractivity contribution is -0.384. The summed E-state index contributed by atoms with van der Waals surface area (Å²) in [4.78, 5) is 22.5. The highest BCUT2D eigenvalue weighted by Gasteiger charge is 2.14. The van der Waals surface area contributed by atoms with E-state index >= 15 is 0 Å². The highest BCUT2D eigenvalue weighted by molar-refractivity contribution is 7.99. The number of anilines is 1. The Kier molecular flexibility index (Phi) is 7.39. The van der Waals surface area contributed by atoms with Gasteiger partial charge in [-0.2, -0.15) is 0 Å². The molecule has 2 aromatic carbocycles. The van der Waals surface area contributed by atoms with E-state index in [0.717, 1.165) is 17.1 Å². The number of nitrogens with one attached hydrogen (secondary N) is 1. The van der Waals surface area contributed by atoms with Gasteiger partial charge in [0.25, 0.3) is 5.69 Å². The fraction of sp³-hybridized carbons (Fsp3) is 0.190. The van der Waals surface area contributed by atoms with Crippen LogP contribution >= 0.6 is 11.8 Å². The zero-order valence-electron chi connectivity index (χ0n) is 16.9. The Hall–Kier alpha value is -3.66. The van der Waals surface area contributed by atoms with Gasteiger partial charge in [0.1, 0.15) is 11.6 Å². The van der Waals surface area contributed by atoms with E-state index in [1.807, 2.05) is 28.8 Å². The number of rotatable bonds is 10. The number of thioether (sulfide) groups is 1. The van der Waals surface area contributed by atoms with Crippen molar-refractivity contribution in [2.75, 3.05) is 18.2 Å². The van der Waals surface area contributed by atoms with Crippen LogP contribution in [0.15, 0.2) is 66.3 Å². The van der Waals surface area contributed by atoms with Gasteiger partial charge >= 0.3 is 0 Å². The van der Waals surface area contributed by atoms with E-state index in [4.69, 9.17) is 4.74 Å². The fourth-order valence-corrected chi connectivity index (χ4v) is 3.56. The topological polar surface area (TPSA) is 112 Å². The van der Waals surface area contributed by atoms with Crippen LogP contribution in [-0.4, -0.2) is 38.5 Å². The molecule has 0 saturated heterocycles. The highest BCUT2D eigenvalue weighted by Crippen LogP contribution is 2.21. The van der Waals surface area contributed by atoms with Gasteiger partial charge in [-0.05, 0) is 29.8 Å². The maximum atomic E-state index is 12.3. The second-order valence-electron chi connectivity index (χ2n) is 6.46. The number of carbonyl (C=O) groups excluding carboxylic acids is 1. The second-order valence-corrected chi connectivity index (χ2v) is 7.41. The molecule has 1 N–H and O–H groups in total. The van der Waals surface area contributed by atoms with Gasteiger partial charge in [0, 0.05) is 30.8 Å². The average Bonchev–Trinajstić information content (AvgIpc) is 3.14. The van der Waals surface area contributed by atoms with Crippen LogP contribution in [-0.2, 0) is 17.8 Å². The molecule has 0 fully saturated rings. The van der Waals surface area contributed by atoms with Gasteiger partial charge in [-0.1, -0.05) is 30.0 Å². The first kappa shape index (κ1) is 22.0. The lowest BCUT2D eigenvalue weighted by Gasteiger charge is -2.09. The number of nitro groups is 1. The van der Waals surface area contributed by atoms with Crippen molar-refractivity contribution in [3.8, 4) is 5.75 Å². The molecule has 0 bridgehead atoms. The van der Waals surface area contributed by atoms with Gasteiger partial charge in [0.05, 0.1) is 17.8 Å². The molecule has 160 valence electrons. The molecule has 0 aliphatic carbocycles. The SMILES string of the molecule is C=CCn1c(Cc2ccc(OC)cc2)nnc1SCC(=O)Nc1ccc([N+](=O)[O-])cc1. The number of carbonyl (C=O) groups is 1. The lowest BCUT2D eigenvalue weighted by Crippen LogP contribution is -2.14. The average molecular weight is 439 g/mol. The third kappa shape index (κ3) is 5.92. The first-order chi connectivity index (χ1) is 15.0. The molecule has 31 heavy (non-hydrogen) atoms. The molecule has 0 aliphatic rings. The summed E-state index contributed by atoms with van der Waals surface area (Å²) < 4.78 is 7.10. The van der Waals surface area contributed by atoms with Crippen LogP contribution in [0.4, 0.5) is 11.4 Å². The van der Waals surface area contributed by atoms with E-state index in [-0.39, 0.29) is 17.3 Å². The molecule has 1 amide bonds. The van der Waals surface area contributed by atoms with Gasteiger partial charge in [-0.25, -0.2) is 0 Å². The van der Waals surface area contributed by atoms with Crippen molar-refractivity contribution in [3.05, 3.63) is 82.7 Å². The molecule has 0 atom stereocenters. The summed E-state index contributed by atoms with van der Waals surface area (Å²) >= 11 is 1.26. The Bertz CT molecular complexity index is 1060. The maximum absolute atomic E-state index is 12.3. The van der Waals surface area contributed by atoms with Crippen LogP contribution in [0.3, 0.4) is 0 Å². The summed E-state index contributed by atoms with van der Waals surface area (Å²) in [6.45, 7) is 4.31. The fourth-order valence-electron chi connectivity index (χ4n) is 2.79. The molecule has 1 aromatic heterocycles. The standard InChI is InChI=1S/C21H21N5O4S/c1-3-12-25-19(13-15-4-10-18(30-2)11-5-15)23-24-21(25)31-14-20(27)22-16-6-8-17(9-7-16)26(28)29/h3-11H,1,12-14H2,2H3,(H,22,27). The first-order valence-electron chi connectivity index (χ1n) is 9.33. The largest absolute Gasteiger partial charge is 0.497 e. The predicted octanol–water partition coefficient (Wildman–Crippen LogP) is 3.70. The summed E-state index contributed by atoms with van der Waals surface area (Å²) in [5.74, 6) is 1.42. The number of methoxy groups -OCH3 is 1. The van der Waals surface area contributed by atoms with Gasteiger partial charge in [0.2, 0.25) is 5.91 Å². The number of hydrogen-bond donors (Lipinski definition) is 1. The Morgan fingerprint density at radius 2 is 1.94 bits per heavy atom. The van der Waals surface area contributed by atoms with Crippen LogP contribution in [0.1, 0.15) is 11.4 Å². The Labute approximate surface area is 183 Å². The van der Waals surface area contributed by atoms with E-state index < -0.39 is 4.92 Å². The quantitative estimate of drug-likeness (QED) is 0.222. The number of nitro benzene ring substituents is 1. The van der Waals surface area contributed by atoms with Gasteiger partial charge < -0.3 is 14.6 Å². The van der Waals surface area contributed by atoms with Gasteiger partial charge in [-0.15, -0.1) is 16.8 Å². The molecule has 10 heteroatoms. The van der Waals surface area contributed by atoms with Crippen molar-refractivity contribution in [2.45, 2.75) is 18.1 Å². The van der Waals surface area contributed by atoms with Crippen molar-refractivity contribution >= 4 is 29.0 Å². The number of amides is 1. The second kappa shape index (κ2) is 10.4. The minimum Gasteiger partial charge on any atom is -0.497 e. The van der Waals surface area contributed by atoms with Crippen molar-refractivity contribution in [1.29, 1.82) is 0 Å². The molecule has 0 spiro atoms. The zero-order chi connectivity index (χ0) is 22.2. The van der Waals surface area contributed by atoms with Crippen molar-refractivity contribution in [2.24, 2.45) is 0 Å². The zero-order valence-corrected chi connectivity index (χ0v) is 17.7. The van der Waals surface area contributed by atoms with Crippen LogP contribution in [0.5, 0.6) is 5.75 Å². The number of ether oxygens (including phenoxy) is 1. The lowest BCUT2D eigenvalue weighted by atomic mass is 10.1. The molecule has 3 rings (SSSR count). The van der Waals surface area contributed by atoms with Crippen LogP contribution in [0.2, 0.25) is 0 Å². The summed E-state index contributed by atoms with van der Waals surface area (Å²) in [6, 6.07) is 13.4. The number of allylic oxidation sites excluding steroid dienone is 1. The van der Waals surface area contributed by atoms with E-state index in [1.165, 1.54) is 36.0 Å². The molecule has 9 nitrogen and oxygen atoms in total. The summed E-state index contributed by atoms with van der Waals surface area (Å²) in [6.07, 6.45) is 2.34. The Balaban J connectivity index is 1.63. The Morgan fingerprint density at radius 3 is 2.55 bits per heavy atom. The molecule has 0 aliphatic heterocycles. The summed E-state index contributed by atoms with van der Waals surface area (Å²) in [7, 11) is 1.62. The maximum Gasteiger partial charge on any atom is 0.269 e. The van der Waals surface area contributed by atoms with Crippen LogP contribution < -0.4 is 10.1 Å². The summed E-state index contributed by atoms with van der Waals surface area (Å²) in [5, 5.41) is 22.5. The highest BCUT2D eigenvalue weighted by atomic mass is 32.2.